The third-order valence-electron chi connectivity index (χ3n) is 3.51. The highest BCUT2D eigenvalue weighted by Gasteiger charge is 2.28. The Morgan fingerprint density at radius 1 is 1.33 bits per heavy atom. The molecule has 0 unspecified atom stereocenters. The first-order chi connectivity index (χ1) is 8.68. The number of aliphatic hydroxyl groups is 1. The van der Waals surface area contributed by atoms with Crippen LogP contribution in [-0.2, 0) is 11.3 Å². The summed E-state index contributed by atoms with van der Waals surface area (Å²) in [6.45, 7) is 0.566. The van der Waals surface area contributed by atoms with Crippen LogP contribution in [0.5, 0.6) is 0 Å². The van der Waals surface area contributed by atoms with Gasteiger partial charge in [0.2, 0.25) is 5.91 Å². The number of carbonyl (C=O) groups excluding carboxylic acids is 1. The summed E-state index contributed by atoms with van der Waals surface area (Å²) in [5.41, 5.74) is -0.712. The monoisotopic (exact) mass is 251 g/mol. The smallest absolute Gasteiger partial charge is 0.241 e. The Balaban J connectivity index is 1.77. The summed E-state index contributed by atoms with van der Waals surface area (Å²) in [5.74, 6) is -0.101. The molecule has 1 amide bonds. The predicted octanol–water partition coefficient (Wildman–Crippen LogP) is 1.08. The van der Waals surface area contributed by atoms with Crippen LogP contribution in [-0.4, -0.2) is 32.9 Å². The third kappa shape index (κ3) is 3.84. The number of rotatable bonds is 4. The number of nitrogens with zero attached hydrogens (tertiary/aromatic N) is 2. The van der Waals surface area contributed by atoms with Gasteiger partial charge in [0.25, 0.3) is 0 Å². The van der Waals surface area contributed by atoms with Crippen molar-refractivity contribution in [1.82, 2.24) is 15.1 Å². The number of carbonyl (C=O) groups is 1. The summed E-state index contributed by atoms with van der Waals surface area (Å²) in [5, 5.41) is 17.2. The lowest BCUT2D eigenvalue weighted by Crippen LogP contribution is -2.43. The first kappa shape index (κ1) is 13.1. The van der Waals surface area contributed by atoms with Crippen LogP contribution in [0, 0.1) is 0 Å². The van der Waals surface area contributed by atoms with Crippen LogP contribution >= 0.6 is 0 Å². The fourth-order valence-electron chi connectivity index (χ4n) is 2.42. The molecule has 0 aromatic carbocycles. The SMILES string of the molecule is O=C(Cn1cccn1)NCC1(O)CCCCCC1. The summed E-state index contributed by atoms with van der Waals surface area (Å²) in [6.07, 6.45) is 9.43. The average Bonchev–Trinajstić information content (AvgIpc) is 2.75. The van der Waals surface area contributed by atoms with Crippen LogP contribution in [0.2, 0.25) is 0 Å². The molecule has 1 aliphatic carbocycles. The first-order valence-corrected chi connectivity index (χ1v) is 6.64. The van der Waals surface area contributed by atoms with E-state index in [2.05, 4.69) is 10.4 Å². The van der Waals surface area contributed by atoms with Crippen molar-refractivity contribution in [2.75, 3.05) is 6.54 Å². The molecule has 0 atom stereocenters. The molecule has 0 spiro atoms. The number of aromatic nitrogens is 2. The van der Waals surface area contributed by atoms with Crippen LogP contribution in [0.3, 0.4) is 0 Å². The molecule has 1 aliphatic rings. The van der Waals surface area contributed by atoms with Crippen molar-refractivity contribution in [3.63, 3.8) is 0 Å². The molecule has 5 nitrogen and oxygen atoms in total. The summed E-state index contributed by atoms with van der Waals surface area (Å²) >= 11 is 0. The molecular weight excluding hydrogens is 230 g/mol. The highest BCUT2D eigenvalue weighted by Crippen LogP contribution is 2.26. The minimum atomic E-state index is -0.712. The number of hydrogen-bond donors (Lipinski definition) is 2. The minimum Gasteiger partial charge on any atom is -0.388 e. The normalized spacial score (nSPS) is 19.2. The fraction of sp³-hybridized carbons (Fsp3) is 0.692. The Morgan fingerprint density at radius 2 is 2.06 bits per heavy atom. The maximum absolute atomic E-state index is 11.7. The molecule has 1 fully saturated rings. The molecule has 5 heteroatoms. The molecule has 0 saturated heterocycles. The zero-order valence-electron chi connectivity index (χ0n) is 10.6. The van der Waals surface area contributed by atoms with Gasteiger partial charge in [0.05, 0.1) is 5.60 Å². The van der Waals surface area contributed by atoms with Crippen molar-refractivity contribution >= 4 is 5.91 Å². The van der Waals surface area contributed by atoms with E-state index in [-0.39, 0.29) is 12.5 Å². The van der Waals surface area contributed by atoms with Gasteiger partial charge < -0.3 is 10.4 Å². The predicted molar refractivity (Wildman–Crippen MR) is 67.9 cm³/mol. The van der Waals surface area contributed by atoms with Gasteiger partial charge in [0.1, 0.15) is 6.54 Å². The largest absolute Gasteiger partial charge is 0.388 e. The molecule has 0 aliphatic heterocycles. The van der Waals surface area contributed by atoms with Crippen molar-refractivity contribution in [1.29, 1.82) is 0 Å². The van der Waals surface area contributed by atoms with E-state index in [1.54, 1.807) is 23.1 Å². The van der Waals surface area contributed by atoms with E-state index in [0.717, 1.165) is 25.7 Å². The highest BCUT2D eigenvalue weighted by atomic mass is 16.3. The maximum atomic E-state index is 11.7. The summed E-state index contributed by atoms with van der Waals surface area (Å²) in [4.78, 5) is 11.7. The lowest BCUT2D eigenvalue weighted by atomic mass is 9.94. The van der Waals surface area contributed by atoms with Crippen LogP contribution < -0.4 is 5.32 Å². The first-order valence-electron chi connectivity index (χ1n) is 6.64. The van der Waals surface area contributed by atoms with Crippen LogP contribution in [0.15, 0.2) is 18.5 Å². The fourth-order valence-corrected chi connectivity index (χ4v) is 2.42. The molecule has 2 N–H and O–H groups in total. The van der Waals surface area contributed by atoms with Gasteiger partial charge in [-0.1, -0.05) is 25.7 Å². The molecule has 0 radical (unpaired) electrons. The molecule has 1 aromatic rings. The van der Waals surface area contributed by atoms with E-state index in [0.29, 0.717) is 6.54 Å². The zero-order chi connectivity index (χ0) is 12.8. The van der Waals surface area contributed by atoms with Gasteiger partial charge in [-0.3, -0.25) is 9.48 Å². The molecule has 100 valence electrons. The Labute approximate surface area is 107 Å². The lowest BCUT2D eigenvalue weighted by Gasteiger charge is -2.26. The van der Waals surface area contributed by atoms with Crippen molar-refractivity contribution < 1.29 is 9.90 Å². The van der Waals surface area contributed by atoms with Crippen LogP contribution in [0.1, 0.15) is 38.5 Å². The summed E-state index contributed by atoms with van der Waals surface area (Å²) in [7, 11) is 0. The van der Waals surface area contributed by atoms with E-state index >= 15 is 0 Å². The quantitative estimate of drug-likeness (QED) is 0.787. The van der Waals surface area contributed by atoms with E-state index in [1.807, 2.05) is 0 Å². The second-order valence-electron chi connectivity index (χ2n) is 5.12. The van der Waals surface area contributed by atoms with Gasteiger partial charge in [-0.05, 0) is 18.9 Å². The number of amides is 1. The number of nitrogens with one attached hydrogen (secondary N) is 1. The molecule has 1 heterocycles. The second kappa shape index (κ2) is 6.00. The molecule has 2 rings (SSSR count). The minimum absolute atomic E-state index is 0.101. The van der Waals surface area contributed by atoms with E-state index in [1.165, 1.54) is 12.8 Å². The van der Waals surface area contributed by atoms with Crippen molar-refractivity contribution in [3.8, 4) is 0 Å². The lowest BCUT2D eigenvalue weighted by molar-refractivity contribution is -0.123. The Hall–Kier alpha value is -1.36. The Morgan fingerprint density at radius 3 is 2.67 bits per heavy atom. The van der Waals surface area contributed by atoms with E-state index in [4.69, 9.17) is 0 Å². The van der Waals surface area contributed by atoms with Crippen LogP contribution in [0.25, 0.3) is 0 Å². The van der Waals surface area contributed by atoms with Crippen LogP contribution in [0.4, 0.5) is 0 Å². The van der Waals surface area contributed by atoms with Gasteiger partial charge in [0.15, 0.2) is 0 Å². The highest BCUT2D eigenvalue weighted by molar-refractivity contribution is 5.75. The van der Waals surface area contributed by atoms with Gasteiger partial charge >= 0.3 is 0 Å². The topological polar surface area (TPSA) is 67.2 Å². The van der Waals surface area contributed by atoms with Gasteiger partial charge in [-0.25, -0.2) is 0 Å². The number of hydrogen-bond acceptors (Lipinski definition) is 3. The molecule has 1 aromatic heterocycles. The molecule has 1 saturated carbocycles. The summed E-state index contributed by atoms with van der Waals surface area (Å²) < 4.78 is 1.58. The zero-order valence-corrected chi connectivity index (χ0v) is 10.6. The van der Waals surface area contributed by atoms with Gasteiger partial charge in [-0.2, -0.15) is 5.10 Å². The Bertz CT molecular complexity index is 368. The molecule has 18 heavy (non-hydrogen) atoms. The maximum Gasteiger partial charge on any atom is 0.241 e. The average molecular weight is 251 g/mol. The van der Waals surface area contributed by atoms with E-state index in [9.17, 15) is 9.90 Å². The molecule has 0 bridgehead atoms. The third-order valence-corrected chi connectivity index (χ3v) is 3.51. The van der Waals surface area contributed by atoms with Crippen molar-refractivity contribution in [2.45, 2.75) is 50.7 Å². The molecular formula is C13H21N3O2. The Kier molecular flexibility index (Phi) is 4.36. The van der Waals surface area contributed by atoms with E-state index < -0.39 is 5.60 Å². The standard InChI is InChI=1S/C13H21N3O2/c17-12(10-16-9-5-8-15-16)14-11-13(18)6-3-1-2-4-7-13/h5,8-9,18H,1-4,6-7,10-11H2,(H,14,17). The second-order valence-corrected chi connectivity index (χ2v) is 5.12. The van der Waals surface area contributed by atoms with Crippen molar-refractivity contribution in [2.24, 2.45) is 0 Å². The summed E-state index contributed by atoms with van der Waals surface area (Å²) in [6, 6.07) is 1.78. The van der Waals surface area contributed by atoms with Gasteiger partial charge in [0, 0.05) is 18.9 Å². The van der Waals surface area contributed by atoms with Gasteiger partial charge in [-0.15, -0.1) is 0 Å². The van der Waals surface area contributed by atoms with Crippen molar-refractivity contribution in [3.05, 3.63) is 18.5 Å².